The van der Waals surface area contributed by atoms with Gasteiger partial charge in [-0.25, -0.2) is 0 Å². The Labute approximate surface area is 94.4 Å². The van der Waals surface area contributed by atoms with Crippen molar-refractivity contribution in [2.45, 2.75) is 17.7 Å². The van der Waals surface area contributed by atoms with Crippen LogP contribution in [0.3, 0.4) is 0 Å². The van der Waals surface area contributed by atoms with Gasteiger partial charge in [-0.05, 0) is 42.4 Å². The van der Waals surface area contributed by atoms with Gasteiger partial charge in [0.15, 0.2) is 0 Å². The van der Waals surface area contributed by atoms with Crippen molar-refractivity contribution < 1.29 is 0 Å². The van der Waals surface area contributed by atoms with E-state index in [-0.39, 0.29) is 0 Å². The molecule has 0 saturated carbocycles. The molecule has 1 aromatic carbocycles. The Morgan fingerprint density at radius 2 is 2.36 bits per heavy atom. The van der Waals surface area contributed by atoms with Gasteiger partial charge in [0.05, 0.1) is 6.00 Å². The van der Waals surface area contributed by atoms with E-state index in [4.69, 9.17) is 11.6 Å². The number of fused-ring (bicyclic) bond motifs is 1. The third-order valence-corrected chi connectivity index (χ3v) is 4.07. The van der Waals surface area contributed by atoms with Crippen molar-refractivity contribution in [2.75, 3.05) is 23.7 Å². The van der Waals surface area contributed by atoms with Gasteiger partial charge in [-0.15, -0.1) is 23.4 Å². The second kappa shape index (κ2) is 4.45. The van der Waals surface area contributed by atoms with Gasteiger partial charge in [0.2, 0.25) is 0 Å². The van der Waals surface area contributed by atoms with E-state index in [1.54, 1.807) is 0 Å². The van der Waals surface area contributed by atoms with Gasteiger partial charge in [-0.3, -0.25) is 0 Å². The number of anilines is 1. The summed E-state index contributed by atoms with van der Waals surface area (Å²) in [6.45, 7) is 0. The van der Waals surface area contributed by atoms with Gasteiger partial charge in [0.25, 0.3) is 0 Å². The zero-order valence-electron chi connectivity index (χ0n) is 8.29. The Balaban J connectivity index is 2.29. The van der Waals surface area contributed by atoms with Crippen molar-refractivity contribution in [3.63, 3.8) is 0 Å². The van der Waals surface area contributed by atoms with Gasteiger partial charge >= 0.3 is 0 Å². The monoisotopic (exact) mass is 227 g/mol. The van der Waals surface area contributed by atoms with E-state index in [0.29, 0.717) is 6.00 Å². The zero-order chi connectivity index (χ0) is 9.97. The maximum absolute atomic E-state index is 5.79. The molecule has 1 aliphatic rings. The van der Waals surface area contributed by atoms with Crippen LogP contribution in [0.2, 0.25) is 0 Å². The Morgan fingerprint density at radius 1 is 1.50 bits per heavy atom. The van der Waals surface area contributed by atoms with Crippen LogP contribution in [0, 0.1) is 0 Å². The van der Waals surface area contributed by atoms with Crippen LogP contribution >= 0.6 is 23.4 Å². The standard InChI is InChI=1S/C11H14ClNS/c1-13(8-12)10-4-5-11-9(7-10)3-2-6-14-11/h4-5,7H,2-3,6,8H2,1H3. The van der Waals surface area contributed by atoms with Gasteiger partial charge in [0, 0.05) is 17.6 Å². The van der Waals surface area contributed by atoms with Gasteiger partial charge in [-0.2, -0.15) is 0 Å². The predicted octanol–water partition coefficient (Wildman–Crippen LogP) is 3.36. The summed E-state index contributed by atoms with van der Waals surface area (Å²) in [5.41, 5.74) is 2.71. The second-order valence-electron chi connectivity index (χ2n) is 3.56. The molecule has 14 heavy (non-hydrogen) atoms. The normalized spacial score (nSPS) is 15.0. The van der Waals surface area contributed by atoms with Crippen LogP contribution in [0.25, 0.3) is 0 Å². The molecule has 2 rings (SSSR count). The minimum Gasteiger partial charge on any atom is -0.361 e. The molecule has 0 unspecified atom stereocenters. The Hall–Kier alpha value is -0.340. The summed E-state index contributed by atoms with van der Waals surface area (Å²) in [6.07, 6.45) is 2.51. The number of hydrogen-bond acceptors (Lipinski definition) is 2. The highest BCUT2D eigenvalue weighted by molar-refractivity contribution is 7.99. The van der Waals surface area contributed by atoms with Crippen LogP contribution in [0.4, 0.5) is 5.69 Å². The number of alkyl halides is 1. The fraction of sp³-hybridized carbons (Fsp3) is 0.455. The fourth-order valence-corrected chi connectivity index (χ4v) is 2.81. The maximum Gasteiger partial charge on any atom is 0.0925 e. The fourth-order valence-electron chi connectivity index (χ4n) is 1.65. The predicted molar refractivity (Wildman–Crippen MR) is 64.6 cm³/mol. The molecule has 76 valence electrons. The molecule has 1 heterocycles. The van der Waals surface area contributed by atoms with Gasteiger partial charge in [-0.1, -0.05) is 0 Å². The van der Waals surface area contributed by atoms with E-state index in [1.807, 2.05) is 18.8 Å². The highest BCUT2D eigenvalue weighted by atomic mass is 35.5. The molecule has 0 aromatic heterocycles. The molecule has 0 N–H and O–H groups in total. The van der Waals surface area contributed by atoms with Crippen molar-refractivity contribution in [2.24, 2.45) is 0 Å². The van der Waals surface area contributed by atoms with Crippen LogP contribution < -0.4 is 4.90 Å². The van der Waals surface area contributed by atoms with Gasteiger partial charge < -0.3 is 4.90 Å². The second-order valence-corrected chi connectivity index (χ2v) is 4.94. The first-order chi connectivity index (χ1) is 6.81. The van der Waals surface area contributed by atoms with Crippen LogP contribution in [0.5, 0.6) is 0 Å². The van der Waals surface area contributed by atoms with Crippen LogP contribution in [0.15, 0.2) is 23.1 Å². The third-order valence-electron chi connectivity index (χ3n) is 2.51. The highest BCUT2D eigenvalue weighted by Crippen LogP contribution is 2.32. The highest BCUT2D eigenvalue weighted by Gasteiger charge is 2.10. The first-order valence-electron chi connectivity index (χ1n) is 4.84. The summed E-state index contributed by atoms with van der Waals surface area (Å²) < 4.78 is 0. The number of nitrogens with zero attached hydrogens (tertiary/aromatic N) is 1. The lowest BCUT2D eigenvalue weighted by Gasteiger charge is -2.20. The van der Waals surface area contributed by atoms with Crippen molar-refractivity contribution >= 4 is 29.1 Å². The smallest absolute Gasteiger partial charge is 0.0925 e. The minimum absolute atomic E-state index is 0.548. The molecule has 0 fully saturated rings. The summed E-state index contributed by atoms with van der Waals surface area (Å²) in [4.78, 5) is 3.50. The maximum atomic E-state index is 5.79. The van der Waals surface area contributed by atoms with E-state index < -0.39 is 0 Å². The Morgan fingerprint density at radius 3 is 3.14 bits per heavy atom. The number of halogens is 1. The molecule has 3 heteroatoms. The minimum atomic E-state index is 0.548. The molecule has 0 amide bonds. The molecule has 0 saturated heterocycles. The average molecular weight is 228 g/mol. The molecule has 1 aliphatic heterocycles. The van der Waals surface area contributed by atoms with Crippen molar-refractivity contribution in [1.82, 2.24) is 0 Å². The zero-order valence-corrected chi connectivity index (χ0v) is 9.87. The molecular formula is C11H14ClNS. The summed E-state index contributed by atoms with van der Waals surface area (Å²) in [5.74, 6) is 1.26. The first kappa shape index (κ1) is 10.2. The Bertz CT molecular complexity index is 327. The van der Waals surface area contributed by atoms with Crippen molar-refractivity contribution in [3.05, 3.63) is 23.8 Å². The van der Waals surface area contributed by atoms with Crippen LogP contribution in [0.1, 0.15) is 12.0 Å². The van der Waals surface area contributed by atoms with E-state index in [1.165, 1.54) is 34.7 Å². The molecule has 0 radical (unpaired) electrons. The lowest BCUT2D eigenvalue weighted by atomic mass is 10.1. The molecule has 0 aliphatic carbocycles. The SMILES string of the molecule is CN(CCl)c1ccc2c(c1)CCCS2. The number of hydrogen-bond donors (Lipinski definition) is 0. The molecule has 0 atom stereocenters. The average Bonchev–Trinajstić information content (AvgIpc) is 2.27. The van der Waals surface area contributed by atoms with Gasteiger partial charge in [0.1, 0.15) is 0 Å². The summed E-state index contributed by atoms with van der Waals surface area (Å²) in [7, 11) is 2.02. The molecule has 1 nitrogen and oxygen atoms in total. The summed E-state index contributed by atoms with van der Waals surface area (Å²) >= 11 is 7.76. The van der Waals surface area contributed by atoms with Crippen LogP contribution in [-0.4, -0.2) is 18.8 Å². The molecule has 0 spiro atoms. The van der Waals surface area contributed by atoms with Crippen LogP contribution in [-0.2, 0) is 6.42 Å². The number of thioether (sulfide) groups is 1. The van der Waals surface area contributed by atoms with E-state index in [0.717, 1.165) is 0 Å². The van der Waals surface area contributed by atoms with Crippen molar-refractivity contribution in [3.8, 4) is 0 Å². The molecular weight excluding hydrogens is 214 g/mol. The number of benzene rings is 1. The number of rotatable bonds is 2. The lowest BCUT2D eigenvalue weighted by molar-refractivity contribution is 0.887. The quantitative estimate of drug-likeness (QED) is 0.563. The van der Waals surface area contributed by atoms with E-state index >= 15 is 0 Å². The molecule has 1 aromatic rings. The van der Waals surface area contributed by atoms with Crippen molar-refractivity contribution in [1.29, 1.82) is 0 Å². The van der Waals surface area contributed by atoms with E-state index in [2.05, 4.69) is 23.1 Å². The molecule has 0 bridgehead atoms. The first-order valence-corrected chi connectivity index (χ1v) is 6.36. The topological polar surface area (TPSA) is 3.24 Å². The third kappa shape index (κ3) is 2.01. The summed E-state index contributed by atoms with van der Waals surface area (Å²) in [6, 6.07) is 7.19. The largest absolute Gasteiger partial charge is 0.361 e. The van der Waals surface area contributed by atoms with E-state index in [9.17, 15) is 0 Å². The Kier molecular flexibility index (Phi) is 3.24. The number of aryl methyl sites for hydroxylation is 1. The summed E-state index contributed by atoms with van der Waals surface area (Å²) in [5, 5.41) is 0. The lowest BCUT2D eigenvalue weighted by Crippen LogP contribution is -2.14.